The molecule has 0 saturated carbocycles. The van der Waals surface area contributed by atoms with Gasteiger partial charge in [-0.15, -0.1) is 11.3 Å². The van der Waals surface area contributed by atoms with Gasteiger partial charge in [0.05, 0.1) is 9.77 Å². The van der Waals surface area contributed by atoms with Crippen molar-refractivity contribution in [3.8, 4) is 0 Å². The van der Waals surface area contributed by atoms with E-state index in [-0.39, 0.29) is 18.2 Å². The third kappa shape index (κ3) is 3.71. The molecule has 2 aromatic rings. The molecule has 1 saturated heterocycles. The van der Waals surface area contributed by atoms with E-state index in [1.165, 1.54) is 15.6 Å². The van der Waals surface area contributed by atoms with Gasteiger partial charge < -0.3 is 0 Å². The summed E-state index contributed by atoms with van der Waals surface area (Å²) in [6, 6.07) is 8.99. The number of sulfonamides is 1. The zero-order valence-electron chi connectivity index (χ0n) is 14.6. The molecule has 0 N–H and O–H groups in total. The predicted octanol–water partition coefficient (Wildman–Crippen LogP) is 3.90. The monoisotopic (exact) mass is 377 g/mol. The molecule has 1 aliphatic rings. The maximum atomic E-state index is 12.9. The van der Waals surface area contributed by atoms with E-state index in [1.54, 1.807) is 12.1 Å². The third-order valence-electron chi connectivity index (χ3n) is 4.81. The minimum atomic E-state index is -3.55. The van der Waals surface area contributed by atoms with Gasteiger partial charge in [0, 0.05) is 19.0 Å². The SMILES string of the molecule is CCc1ccc(S(=O)(=O)N2CCC[C@H](C(=O)c3sccc3C)C2)cc1. The summed E-state index contributed by atoms with van der Waals surface area (Å²) in [5, 5.41) is 1.91. The lowest BCUT2D eigenvalue weighted by Crippen LogP contribution is -2.42. The van der Waals surface area contributed by atoms with E-state index >= 15 is 0 Å². The molecule has 1 aromatic carbocycles. The summed E-state index contributed by atoms with van der Waals surface area (Å²) in [5.74, 6) is -0.176. The first-order valence-electron chi connectivity index (χ1n) is 8.61. The van der Waals surface area contributed by atoms with Crippen LogP contribution < -0.4 is 0 Å². The van der Waals surface area contributed by atoms with Crippen molar-refractivity contribution in [1.29, 1.82) is 0 Å². The second kappa shape index (κ2) is 7.40. The molecular formula is C19H23NO3S2. The fourth-order valence-electron chi connectivity index (χ4n) is 3.23. The molecule has 0 amide bonds. The fraction of sp³-hybridized carbons (Fsp3) is 0.421. The first-order valence-corrected chi connectivity index (χ1v) is 10.9. The number of carbonyl (C=O) groups excluding carboxylic acids is 1. The van der Waals surface area contributed by atoms with E-state index < -0.39 is 10.0 Å². The van der Waals surface area contributed by atoms with Crippen molar-refractivity contribution >= 4 is 27.1 Å². The molecule has 6 heteroatoms. The summed E-state index contributed by atoms with van der Waals surface area (Å²) in [6.07, 6.45) is 2.34. The zero-order valence-corrected chi connectivity index (χ0v) is 16.2. The Morgan fingerprint density at radius 1 is 1.24 bits per heavy atom. The first-order chi connectivity index (χ1) is 11.9. The average molecular weight is 378 g/mol. The molecule has 0 bridgehead atoms. The van der Waals surface area contributed by atoms with Crippen LogP contribution in [0.1, 0.15) is 40.6 Å². The van der Waals surface area contributed by atoms with Crippen LogP contribution in [0, 0.1) is 12.8 Å². The third-order valence-corrected chi connectivity index (χ3v) is 7.72. The minimum Gasteiger partial charge on any atom is -0.293 e. The van der Waals surface area contributed by atoms with Gasteiger partial charge in [-0.05, 0) is 60.9 Å². The highest BCUT2D eigenvalue weighted by atomic mass is 32.2. The number of carbonyl (C=O) groups is 1. The number of benzene rings is 1. The quantitative estimate of drug-likeness (QED) is 0.743. The van der Waals surface area contributed by atoms with E-state index in [1.807, 2.05) is 37.4 Å². The van der Waals surface area contributed by atoms with Gasteiger partial charge in [-0.1, -0.05) is 19.1 Å². The van der Waals surface area contributed by atoms with Gasteiger partial charge in [-0.25, -0.2) is 8.42 Å². The van der Waals surface area contributed by atoms with E-state index in [0.29, 0.717) is 17.9 Å². The van der Waals surface area contributed by atoms with Gasteiger partial charge in [0.15, 0.2) is 5.78 Å². The van der Waals surface area contributed by atoms with Gasteiger partial charge >= 0.3 is 0 Å². The maximum absolute atomic E-state index is 12.9. The average Bonchev–Trinajstić information content (AvgIpc) is 3.07. The van der Waals surface area contributed by atoms with Crippen molar-refractivity contribution in [3.63, 3.8) is 0 Å². The lowest BCUT2D eigenvalue weighted by Gasteiger charge is -2.31. The summed E-state index contributed by atoms with van der Waals surface area (Å²) in [7, 11) is -3.55. The largest absolute Gasteiger partial charge is 0.293 e. The number of aryl methyl sites for hydroxylation is 2. The van der Waals surface area contributed by atoms with Crippen molar-refractivity contribution in [2.75, 3.05) is 13.1 Å². The number of thiophene rings is 1. The van der Waals surface area contributed by atoms with Gasteiger partial charge in [0.25, 0.3) is 0 Å². The summed E-state index contributed by atoms with van der Waals surface area (Å²) in [6.45, 7) is 4.71. The molecule has 0 radical (unpaired) electrons. The van der Waals surface area contributed by atoms with E-state index in [2.05, 4.69) is 0 Å². The van der Waals surface area contributed by atoms with Gasteiger partial charge in [0.1, 0.15) is 0 Å². The van der Waals surface area contributed by atoms with Crippen LogP contribution in [0.15, 0.2) is 40.6 Å². The van der Waals surface area contributed by atoms with E-state index in [4.69, 9.17) is 0 Å². The maximum Gasteiger partial charge on any atom is 0.243 e. The van der Waals surface area contributed by atoms with Crippen LogP contribution in [0.3, 0.4) is 0 Å². The van der Waals surface area contributed by atoms with Crippen LogP contribution in [-0.2, 0) is 16.4 Å². The predicted molar refractivity (Wildman–Crippen MR) is 101 cm³/mol. The van der Waals surface area contributed by atoms with Crippen molar-refractivity contribution in [3.05, 3.63) is 51.7 Å². The molecule has 0 spiro atoms. The molecule has 1 aromatic heterocycles. The van der Waals surface area contributed by atoms with Gasteiger partial charge in [-0.3, -0.25) is 4.79 Å². The number of Topliss-reactive ketones (excluding diaryl/α,β-unsaturated/α-hetero) is 1. The van der Waals surface area contributed by atoms with E-state index in [9.17, 15) is 13.2 Å². The second-order valence-electron chi connectivity index (χ2n) is 6.50. The number of rotatable bonds is 5. The van der Waals surface area contributed by atoms with Crippen molar-refractivity contribution < 1.29 is 13.2 Å². The zero-order chi connectivity index (χ0) is 18.0. The Hall–Kier alpha value is -1.50. The summed E-state index contributed by atoms with van der Waals surface area (Å²) >= 11 is 1.44. The molecule has 1 atom stereocenters. The minimum absolute atomic E-state index is 0.0775. The van der Waals surface area contributed by atoms with Crippen molar-refractivity contribution in [1.82, 2.24) is 4.31 Å². The number of nitrogens with zero attached hydrogens (tertiary/aromatic N) is 1. The first kappa shape index (κ1) is 18.3. The smallest absolute Gasteiger partial charge is 0.243 e. The highest BCUT2D eigenvalue weighted by Crippen LogP contribution is 2.28. The molecule has 1 aliphatic heterocycles. The van der Waals surface area contributed by atoms with Crippen LogP contribution in [0.2, 0.25) is 0 Å². The Labute approximate surface area is 153 Å². The van der Waals surface area contributed by atoms with Crippen LogP contribution in [0.4, 0.5) is 0 Å². The lowest BCUT2D eigenvalue weighted by atomic mass is 9.93. The lowest BCUT2D eigenvalue weighted by molar-refractivity contribution is 0.0876. The highest BCUT2D eigenvalue weighted by Gasteiger charge is 2.34. The Balaban J connectivity index is 1.80. The normalized spacial score (nSPS) is 19.0. The molecule has 3 rings (SSSR count). The molecule has 4 nitrogen and oxygen atoms in total. The molecule has 0 unspecified atom stereocenters. The number of ketones is 1. The molecule has 25 heavy (non-hydrogen) atoms. The van der Waals surface area contributed by atoms with Crippen LogP contribution in [0.5, 0.6) is 0 Å². The van der Waals surface area contributed by atoms with Crippen LogP contribution in [-0.4, -0.2) is 31.6 Å². The summed E-state index contributed by atoms with van der Waals surface area (Å²) in [5.41, 5.74) is 2.09. The Morgan fingerprint density at radius 2 is 1.96 bits per heavy atom. The van der Waals surface area contributed by atoms with Crippen molar-refractivity contribution in [2.24, 2.45) is 5.92 Å². The Bertz CT molecular complexity index is 853. The fourth-order valence-corrected chi connectivity index (χ4v) is 5.70. The topological polar surface area (TPSA) is 54.5 Å². The van der Waals surface area contributed by atoms with Gasteiger partial charge in [0.2, 0.25) is 10.0 Å². The standard InChI is InChI=1S/C19H23NO3S2/c1-3-15-6-8-17(9-7-15)25(22,23)20-11-4-5-16(13-20)18(21)19-14(2)10-12-24-19/h6-10,12,16H,3-5,11,13H2,1-2H3/t16-/m0/s1. The number of hydrogen-bond donors (Lipinski definition) is 0. The molecule has 2 heterocycles. The molecule has 1 fully saturated rings. The molecule has 0 aliphatic carbocycles. The summed E-state index contributed by atoms with van der Waals surface area (Å²) in [4.78, 5) is 13.8. The van der Waals surface area contributed by atoms with Crippen molar-refractivity contribution in [2.45, 2.75) is 38.0 Å². The Kier molecular flexibility index (Phi) is 5.41. The summed E-state index contributed by atoms with van der Waals surface area (Å²) < 4.78 is 27.3. The van der Waals surface area contributed by atoms with Gasteiger partial charge in [-0.2, -0.15) is 4.31 Å². The van der Waals surface area contributed by atoms with Crippen LogP contribution in [0.25, 0.3) is 0 Å². The second-order valence-corrected chi connectivity index (χ2v) is 9.35. The van der Waals surface area contributed by atoms with Crippen LogP contribution >= 0.6 is 11.3 Å². The highest BCUT2D eigenvalue weighted by molar-refractivity contribution is 7.89. The Morgan fingerprint density at radius 3 is 2.56 bits per heavy atom. The number of hydrogen-bond acceptors (Lipinski definition) is 4. The molecule has 134 valence electrons. The number of piperidine rings is 1. The molecular weight excluding hydrogens is 354 g/mol. The van der Waals surface area contributed by atoms with E-state index in [0.717, 1.165) is 28.8 Å².